The number of nitrogen functional groups attached to an aromatic ring is 1. The van der Waals surface area contributed by atoms with Gasteiger partial charge in [0.15, 0.2) is 0 Å². The maximum atomic E-state index is 12.4. The Labute approximate surface area is 116 Å². The zero-order valence-electron chi connectivity index (χ0n) is 10.9. The molecule has 0 saturated carbocycles. The van der Waals surface area contributed by atoms with Gasteiger partial charge in [-0.25, -0.2) is 13.2 Å². The van der Waals surface area contributed by atoms with Gasteiger partial charge in [0.05, 0.1) is 16.1 Å². The third-order valence-electron chi connectivity index (χ3n) is 3.45. The van der Waals surface area contributed by atoms with Crippen LogP contribution in [-0.4, -0.2) is 47.6 Å². The summed E-state index contributed by atoms with van der Waals surface area (Å²) in [4.78, 5) is 10.8. The van der Waals surface area contributed by atoms with Gasteiger partial charge in [0.25, 0.3) is 0 Å². The second-order valence-corrected chi connectivity index (χ2v) is 6.82. The lowest BCUT2D eigenvalue weighted by Gasteiger charge is -2.44. The summed E-state index contributed by atoms with van der Waals surface area (Å²) < 4.78 is 25.8. The van der Waals surface area contributed by atoms with Crippen LogP contribution < -0.4 is 5.73 Å². The number of nitrogens with two attached hydrogens (primary N) is 1. The summed E-state index contributed by atoms with van der Waals surface area (Å²) in [5, 5.41) is 19.0. The number of β-amino-alcohol motifs (C(OH)–C–C–N with tert-alkyl or cyclic N) is 1. The van der Waals surface area contributed by atoms with Crippen molar-refractivity contribution in [3.05, 3.63) is 23.8 Å². The predicted octanol–water partition coefficient (Wildman–Crippen LogP) is 0.112. The molecular weight excluding hydrogens is 284 g/mol. The number of carboxylic acid groups (broad SMARTS) is 1. The first kappa shape index (κ1) is 14.8. The van der Waals surface area contributed by atoms with E-state index in [0.29, 0.717) is 6.42 Å². The van der Waals surface area contributed by atoms with Crippen molar-refractivity contribution in [2.24, 2.45) is 0 Å². The van der Waals surface area contributed by atoms with E-state index in [2.05, 4.69) is 0 Å². The molecule has 2 rings (SSSR count). The number of carbonyl (C=O) groups is 1. The molecule has 1 saturated heterocycles. The third kappa shape index (κ3) is 2.37. The molecule has 1 aliphatic heterocycles. The Kier molecular flexibility index (Phi) is 3.49. The average Bonchev–Trinajstić information content (AvgIpc) is 2.34. The molecule has 20 heavy (non-hydrogen) atoms. The highest BCUT2D eigenvalue weighted by Crippen LogP contribution is 2.32. The number of benzene rings is 1. The summed E-state index contributed by atoms with van der Waals surface area (Å²) >= 11 is 0. The quantitative estimate of drug-likeness (QED) is 0.679. The average molecular weight is 300 g/mol. The van der Waals surface area contributed by atoms with Gasteiger partial charge in [-0.2, -0.15) is 4.31 Å². The summed E-state index contributed by atoms with van der Waals surface area (Å²) in [6.07, 6.45) is 0.432. The number of carboxylic acids is 1. The molecule has 1 aromatic rings. The number of aromatic carboxylic acids is 1. The van der Waals surface area contributed by atoms with Gasteiger partial charge < -0.3 is 15.9 Å². The Hall–Kier alpha value is -1.64. The van der Waals surface area contributed by atoms with Crippen molar-refractivity contribution < 1.29 is 23.4 Å². The Morgan fingerprint density at radius 1 is 1.45 bits per heavy atom. The second kappa shape index (κ2) is 4.72. The number of aliphatic hydroxyl groups is 1. The molecule has 0 amide bonds. The Morgan fingerprint density at radius 3 is 2.55 bits per heavy atom. The molecule has 0 aliphatic carbocycles. The molecule has 8 heteroatoms. The van der Waals surface area contributed by atoms with Crippen LogP contribution in [0.25, 0.3) is 0 Å². The van der Waals surface area contributed by atoms with Crippen molar-refractivity contribution >= 4 is 21.7 Å². The van der Waals surface area contributed by atoms with Gasteiger partial charge in [-0.3, -0.25) is 0 Å². The van der Waals surface area contributed by atoms with Crippen molar-refractivity contribution in [1.29, 1.82) is 0 Å². The van der Waals surface area contributed by atoms with Crippen LogP contribution in [0.5, 0.6) is 0 Å². The fourth-order valence-corrected chi connectivity index (χ4v) is 3.89. The second-order valence-electron chi connectivity index (χ2n) is 4.91. The molecule has 1 aliphatic rings. The minimum Gasteiger partial charge on any atom is -0.478 e. The number of anilines is 1. The fourth-order valence-electron chi connectivity index (χ4n) is 2.07. The monoisotopic (exact) mass is 300 g/mol. The van der Waals surface area contributed by atoms with Crippen LogP contribution in [0.4, 0.5) is 5.69 Å². The summed E-state index contributed by atoms with van der Waals surface area (Å²) in [6, 6.07) is 3.62. The zero-order valence-corrected chi connectivity index (χ0v) is 11.7. The number of sulfonamides is 1. The predicted molar refractivity (Wildman–Crippen MR) is 71.8 cm³/mol. The van der Waals surface area contributed by atoms with E-state index >= 15 is 0 Å². The Morgan fingerprint density at radius 2 is 2.05 bits per heavy atom. The van der Waals surface area contributed by atoms with E-state index in [0.717, 1.165) is 16.4 Å². The fraction of sp³-hybridized carbons (Fsp3) is 0.417. The first-order chi connectivity index (χ1) is 9.19. The number of hydrogen-bond acceptors (Lipinski definition) is 5. The van der Waals surface area contributed by atoms with E-state index in [-0.39, 0.29) is 29.2 Å². The molecule has 1 heterocycles. The maximum Gasteiger partial charge on any atom is 0.337 e. The van der Waals surface area contributed by atoms with Gasteiger partial charge in [-0.1, -0.05) is 6.92 Å². The molecule has 0 unspecified atom stereocenters. The summed E-state index contributed by atoms with van der Waals surface area (Å²) in [7, 11) is -3.97. The molecule has 0 atom stereocenters. The van der Waals surface area contributed by atoms with Crippen LogP contribution in [0.3, 0.4) is 0 Å². The van der Waals surface area contributed by atoms with Crippen molar-refractivity contribution in [1.82, 2.24) is 4.31 Å². The highest BCUT2D eigenvalue weighted by atomic mass is 32.2. The van der Waals surface area contributed by atoms with E-state index in [1.807, 2.05) is 0 Å². The molecule has 0 radical (unpaired) electrons. The third-order valence-corrected chi connectivity index (χ3v) is 5.28. The molecule has 0 spiro atoms. The van der Waals surface area contributed by atoms with Crippen LogP contribution in [0.1, 0.15) is 23.7 Å². The highest BCUT2D eigenvalue weighted by Gasteiger charge is 2.46. The van der Waals surface area contributed by atoms with E-state index < -0.39 is 21.6 Å². The largest absolute Gasteiger partial charge is 0.478 e. The molecule has 4 N–H and O–H groups in total. The molecule has 1 fully saturated rings. The normalized spacial score (nSPS) is 18.5. The molecule has 1 aromatic carbocycles. The lowest BCUT2D eigenvalue weighted by molar-refractivity contribution is -0.0613. The molecule has 110 valence electrons. The molecular formula is C12H16N2O5S. The van der Waals surface area contributed by atoms with Crippen LogP contribution in [0.2, 0.25) is 0 Å². The van der Waals surface area contributed by atoms with Crippen molar-refractivity contribution in [2.45, 2.75) is 23.8 Å². The van der Waals surface area contributed by atoms with Gasteiger partial charge >= 0.3 is 5.97 Å². The first-order valence-electron chi connectivity index (χ1n) is 6.05. The van der Waals surface area contributed by atoms with Crippen LogP contribution in [0.15, 0.2) is 23.1 Å². The van der Waals surface area contributed by atoms with Crippen molar-refractivity contribution in [3.63, 3.8) is 0 Å². The minimum absolute atomic E-state index is 0.0420. The smallest absolute Gasteiger partial charge is 0.337 e. The van der Waals surface area contributed by atoms with Gasteiger partial charge in [0.2, 0.25) is 10.0 Å². The van der Waals surface area contributed by atoms with Gasteiger partial charge in [0, 0.05) is 18.8 Å². The van der Waals surface area contributed by atoms with Crippen LogP contribution in [0, 0.1) is 0 Å². The van der Waals surface area contributed by atoms with Gasteiger partial charge in [0.1, 0.15) is 0 Å². The van der Waals surface area contributed by atoms with Gasteiger partial charge in [-0.05, 0) is 24.6 Å². The lowest BCUT2D eigenvalue weighted by atomic mass is 9.94. The molecule has 7 nitrogen and oxygen atoms in total. The van der Waals surface area contributed by atoms with Crippen LogP contribution in [-0.2, 0) is 10.0 Å². The number of nitrogens with zero attached hydrogens (tertiary/aromatic N) is 1. The molecule has 0 aromatic heterocycles. The topological polar surface area (TPSA) is 121 Å². The summed E-state index contributed by atoms with van der Waals surface area (Å²) in [5.41, 5.74) is 4.35. The Bertz CT molecular complexity index is 650. The summed E-state index contributed by atoms with van der Waals surface area (Å²) in [5.74, 6) is -1.34. The highest BCUT2D eigenvalue weighted by molar-refractivity contribution is 7.89. The van der Waals surface area contributed by atoms with E-state index in [9.17, 15) is 18.3 Å². The lowest BCUT2D eigenvalue weighted by Crippen LogP contribution is -2.62. The SMILES string of the molecule is CCC1(O)CN(S(=O)(=O)c2cc(N)ccc2C(=O)O)C1. The van der Waals surface area contributed by atoms with E-state index in [4.69, 9.17) is 10.8 Å². The van der Waals surface area contributed by atoms with E-state index in [1.54, 1.807) is 6.92 Å². The van der Waals surface area contributed by atoms with Crippen molar-refractivity contribution in [2.75, 3.05) is 18.8 Å². The standard InChI is InChI=1S/C12H16N2O5S/c1-2-12(17)6-14(7-12)20(18,19)10-5-8(13)3-4-9(10)11(15)16/h3-5,17H,2,6-7,13H2,1H3,(H,15,16). The van der Waals surface area contributed by atoms with E-state index in [1.165, 1.54) is 6.07 Å². The summed E-state index contributed by atoms with van der Waals surface area (Å²) in [6.45, 7) is 1.67. The molecule has 0 bridgehead atoms. The maximum absolute atomic E-state index is 12.4. The van der Waals surface area contributed by atoms with Gasteiger partial charge in [-0.15, -0.1) is 0 Å². The number of hydrogen-bond donors (Lipinski definition) is 3. The number of rotatable bonds is 4. The zero-order chi connectivity index (χ0) is 15.1. The minimum atomic E-state index is -3.97. The van der Waals surface area contributed by atoms with Crippen molar-refractivity contribution in [3.8, 4) is 0 Å². The van der Waals surface area contributed by atoms with Crippen LogP contribution >= 0.6 is 0 Å². The Balaban J connectivity index is 2.41. The first-order valence-corrected chi connectivity index (χ1v) is 7.49.